The van der Waals surface area contributed by atoms with Crippen molar-refractivity contribution >= 4 is 11.6 Å². The lowest BCUT2D eigenvalue weighted by atomic mass is 10.1. The molecule has 1 aromatic carbocycles. The van der Waals surface area contributed by atoms with E-state index in [1.807, 2.05) is 14.0 Å². The Kier molecular flexibility index (Phi) is 5.74. The minimum Gasteiger partial charge on any atom is -0.380 e. The van der Waals surface area contributed by atoms with Crippen LogP contribution in [0, 0.1) is 5.82 Å². The van der Waals surface area contributed by atoms with Crippen molar-refractivity contribution < 1.29 is 9.13 Å². The molecule has 0 heterocycles. The van der Waals surface area contributed by atoms with Crippen molar-refractivity contribution in [2.75, 3.05) is 20.3 Å². The summed E-state index contributed by atoms with van der Waals surface area (Å²) in [4.78, 5) is 0. The lowest BCUT2D eigenvalue weighted by Crippen LogP contribution is -2.32. The molecule has 90 valence electrons. The molecule has 0 spiro atoms. The molecular weight excluding hydrogens is 229 g/mol. The second kappa shape index (κ2) is 6.84. The van der Waals surface area contributed by atoms with Gasteiger partial charge < -0.3 is 10.1 Å². The predicted octanol–water partition coefficient (Wildman–Crippen LogP) is 2.65. The SMILES string of the molecule is CCOCC(Cc1cccc(Cl)c1F)NC. The number of halogens is 2. The average molecular weight is 246 g/mol. The molecule has 0 bridgehead atoms. The quantitative estimate of drug-likeness (QED) is 0.832. The average Bonchev–Trinajstić information content (AvgIpc) is 2.30. The first-order valence-electron chi connectivity index (χ1n) is 5.37. The summed E-state index contributed by atoms with van der Waals surface area (Å²) in [6.45, 7) is 3.17. The molecule has 0 fully saturated rings. The molecule has 1 aromatic rings. The van der Waals surface area contributed by atoms with Crippen LogP contribution in [0.15, 0.2) is 18.2 Å². The molecule has 0 aliphatic heterocycles. The molecule has 1 atom stereocenters. The van der Waals surface area contributed by atoms with Crippen molar-refractivity contribution in [1.29, 1.82) is 0 Å². The van der Waals surface area contributed by atoms with Crippen LogP contribution in [0.2, 0.25) is 5.02 Å². The fourth-order valence-corrected chi connectivity index (χ4v) is 1.67. The summed E-state index contributed by atoms with van der Waals surface area (Å²) in [6.07, 6.45) is 0.572. The van der Waals surface area contributed by atoms with E-state index in [-0.39, 0.29) is 16.9 Å². The van der Waals surface area contributed by atoms with Gasteiger partial charge in [-0.2, -0.15) is 0 Å². The van der Waals surface area contributed by atoms with Gasteiger partial charge in [-0.3, -0.25) is 0 Å². The lowest BCUT2D eigenvalue weighted by Gasteiger charge is -2.16. The van der Waals surface area contributed by atoms with E-state index in [0.29, 0.717) is 25.2 Å². The fraction of sp³-hybridized carbons (Fsp3) is 0.500. The van der Waals surface area contributed by atoms with Crippen LogP contribution in [0.25, 0.3) is 0 Å². The van der Waals surface area contributed by atoms with Gasteiger partial charge in [0.1, 0.15) is 5.82 Å². The largest absolute Gasteiger partial charge is 0.380 e. The smallest absolute Gasteiger partial charge is 0.145 e. The Morgan fingerprint density at radius 2 is 2.25 bits per heavy atom. The van der Waals surface area contributed by atoms with Crippen LogP contribution in [-0.2, 0) is 11.2 Å². The standard InChI is InChI=1S/C12H17ClFNO/c1-3-16-8-10(15-2)7-9-5-4-6-11(13)12(9)14/h4-6,10,15H,3,7-8H2,1-2H3. The zero-order chi connectivity index (χ0) is 12.0. The first-order valence-corrected chi connectivity index (χ1v) is 5.74. The third kappa shape index (κ3) is 3.74. The Labute approximate surface area is 101 Å². The van der Waals surface area contributed by atoms with Gasteiger partial charge in [0.05, 0.1) is 11.6 Å². The predicted molar refractivity (Wildman–Crippen MR) is 64.5 cm³/mol. The van der Waals surface area contributed by atoms with Gasteiger partial charge in [-0.1, -0.05) is 23.7 Å². The first kappa shape index (κ1) is 13.4. The highest BCUT2D eigenvalue weighted by molar-refractivity contribution is 6.30. The molecule has 0 aromatic heterocycles. The van der Waals surface area contributed by atoms with Crippen molar-refractivity contribution in [1.82, 2.24) is 5.32 Å². The molecule has 1 unspecified atom stereocenters. The Morgan fingerprint density at radius 1 is 1.50 bits per heavy atom. The normalized spacial score (nSPS) is 12.8. The Bertz CT molecular complexity index is 333. The number of hydrogen-bond donors (Lipinski definition) is 1. The summed E-state index contributed by atoms with van der Waals surface area (Å²) in [7, 11) is 1.84. The Morgan fingerprint density at radius 3 is 2.88 bits per heavy atom. The minimum absolute atomic E-state index is 0.105. The van der Waals surface area contributed by atoms with Gasteiger partial charge in [0.15, 0.2) is 0 Å². The molecule has 0 aliphatic rings. The van der Waals surface area contributed by atoms with Crippen molar-refractivity contribution in [2.24, 2.45) is 0 Å². The van der Waals surface area contributed by atoms with Crippen molar-refractivity contribution in [2.45, 2.75) is 19.4 Å². The van der Waals surface area contributed by atoms with Gasteiger partial charge in [0.25, 0.3) is 0 Å². The van der Waals surface area contributed by atoms with E-state index >= 15 is 0 Å². The van der Waals surface area contributed by atoms with Crippen LogP contribution < -0.4 is 5.32 Å². The van der Waals surface area contributed by atoms with Crippen LogP contribution >= 0.6 is 11.6 Å². The molecule has 0 amide bonds. The Balaban J connectivity index is 2.66. The fourth-order valence-electron chi connectivity index (χ4n) is 1.48. The highest BCUT2D eigenvalue weighted by Crippen LogP contribution is 2.19. The summed E-state index contributed by atoms with van der Waals surface area (Å²) in [5.74, 6) is -0.332. The molecular formula is C12H17ClFNO. The van der Waals surface area contributed by atoms with E-state index in [4.69, 9.17) is 16.3 Å². The molecule has 1 N–H and O–H groups in total. The highest BCUT2D eigenvalue weighted by Gasteiger charge is 2.12. The maximum Gasteiger partial charge on any atom is 0.145 e. The zero-order valence-corrected chi connectivity index (χ0v) is 10.4. The minimum atomic E-state index is -0.332. The summed E-state index contributed by atoms with van der Waals surface area (Å²) < 4.78 is 18.9. The second-order valence-corrected chi connectivity index (χ2v) is 3.97. The monoisotopic (exact) mass is 245 g/mol. The van der Waals surface area contributed by atoms with Crippen LogP contribution in [0.1, 0.15) is 12.5 Å². The van der Waals surface area contributed by atoms with Gasteiger partial charge >= 0.3 is 0 Å². The number of likely N-dealkylation sites (N-methyl/N-ethyl adjacent to an activating group) is 1. The topological polar surface area (TPSA) is 21.3 Å². The molecule has 0 saturated heterocycles. The third-order valence-electron chi connectivity index (χ3n) is 2.43. The van der Waals surface area contributed by atoms with Crippen LogP contribution in [0.3, 0.4) is 0 Å². The van der Waals surface area contributed by atoms with Crippen LogP contribution in [-0.4, -0.2) is 26.3 Å². The van der Waals surface area contributed by atoms with E-state index in [1.165, 1.54) is 0 Å². The maximum atomic E-state index is 13.6. The highest BCUT2D eigenvalue weighted by atomic mass is 35.5. The van der Waals surface area contributed by atoms with E-state index < -0.39 is 0 Å². The molecule has 2 nitrogen and oxygen atoms in total. The molecule has 0 radical (unpaired) electrons. The first-order chi connectivity index (χ1) is 7.69. The van der Waals surface area contributed by atoms with Crippen molar-refractivity contribution in [3.63, 3.8) is 0 Å². The lowest BCUT2D eigenvalue weighted by molar-refractivity contribution is 0.125. The number of hydrogen-bond acceptors (Lipinski definition) is 2. The molecule has 16 heavy (non-hydrogen) atoms. The number of benzene rings is 1. The van der Waals surface area contributed by atoms with E-state index in [1.54, 1.807) is 18.2 Å². The Hall–Kier alpha value is -0.640. The molecule has 0 aliphatic carbocycles. The maximum absolute atomic E-state index is 13.6. The van der Waals surface area contributed by atoms with Gasteiger partial charge in [-0.15, -0.1) is 0 Å². The summed E-state index contributed by atoms with van der Waals surface area (Å²) in [6, 6.07) is 5.16. The van der Waals surface area contributed by atoms with Gasteiger partial charge in [0, 0.05) is 12.6 Å². The van der Waals surface area contributed by atoms with Gasteiger partial charge in [-0.25, -0.2) is 4.39 Å². The third-order valence-corrected chi connectivity index (χ3v) is 2.72. The van der Waals surface area contributed by atoms with E-state index in [9.17, 15) is 4.39 Å². The summed E-state index contributed by atoms with van der Waals surface area (Å²) in [5, 5.41) is 3.27. The molecule has 4 heteroatoms. The molecule has 1 rings (SSSR count). The number of rotatable bonds is 6. The van der Waals surface area contributed by atoms with E-state index in [2.05, 4.69) is 5.32 Å². The summed E-state index contributed by atoms with van der Waals surface area (Å²) in [5.41, 5.74) is 0.617. The molecule has 0 saturated carbocycles. The van der Waals surface area contributed by atoms with E-state index in [0.717, 1.165) is 0 Å². The summed E-state index contributed by atoms with van der Waals surface area (Å²) >= 11 is 5.72. The van der Waals surface area contributed by atoms with Crippen molar-refractivity contribution in [3.8, 4) is 0 Å². The van der Waals surface area contributed by atoms with Crippen molar-refractivity contribution in [3.05, 3.63) is 34.6 Å². The van der Waals surface area contributed by atoms with Crippen LogP contribution in [0.5, 0.6) is 0 Å². The second-order valence-electron chi connectivity index (χ2n) is 3.56. The zero-order valence-electron chi connectivity index (χ0n) is 9.59. The van der Waals surface area contributed by atoms with Gasteiger partial charge in [-0.05, 0) is 32.0 Å². The van der Waals surface area contributed by atoms with Gasteiger partial charge in [0.2, 0.25) is 0 Å². The number of ether oxygens (including phenoxy) is 1. The number of nitrogens with one attached hydrogen (secondary N) is 1. The van der Waals surface area contributed by atoms with Crippen LogP contribution in [0.4, 0.5) is 4.39 Å².